The highest BCUT2D eigenvalue weighted by Gasteiger charge is 2.28. The molecule has 6 heteroatoms. The van der Waals surface area contributed by atoms with E-state index in [9.17, 15) is 14.4 Å². The maximum atomic E-state index is 11.6. The third-order valence-electron chi connectivity index (χ3n) is 2.51. The van der Waals surface area contributed by atoms with Gasteiger partial charge in [0, 0.05) is 11.3 Å². The van der Waals surface area contributed by atoms with Crippen molar-refractivity contribution in [3.05, 3.63) is 29.8 Å². The number of amides is 2. The monoisotopic (exact) mass is 264 g/mol. The SMILES string of the molecule is CC(=O)c1ccc(NC(=O)NC(C)(C)C(=O)O)cc1. The summed E-state index contributed by atoms with van der Waals surface area (Å²) in [5, 5.41) is 13.7. The van der Waals surface area contributed by atoms with Crippen LogP contribution in [0.1, 0.15) is 31.1 Å². The highest BCUT2D eigenvalue weighted by atomic mass is 16.4. The molecule has 1 aromatic carbocycles. The molecule has 0 aliphatic carbocycles. The number of anilines is 1. The minimum atomic E-state index is -1.36. The number of urea groups is 1. The Bertz CT molecular complexity index is 506. The van der Waals surface area contributed by atoms with Crippen molar-refractivity contribution in [1.29, 1.82) is 0 Å². The summed E-state index contributed by atoms with van der Waals surface area (Å²) in [6.45, 7) is 4.21. The molecule has 2 amide bonds. The number of nitrogens with one attached hydrogen (secondary N) is 2. The lowest BCUT2D eigenvalue weighted by Gasteiger charge is -2.21. The number of ketones is 1. The minimum Gasteiger partial charge on any atom is -0.480 e. The van der Waals surface area contributed by atoms with Gasteiger partial charge in [0.1, 0.15) is 5.54 Å². The van der Waals surface area contributed by atoms with E-state index in [1.54, 1.807) is 24.3 Å². The number of carboxylic acid groups (broad SMARTS) is 1. The first kappa shape index (κ1) is 14.7. The summed E-state index contributed by atoms with van der Waals surface area (Å²) in [5.41, 5.74) is -0.343. The lowest BCUT2D eigenvalue weighted by Crippen LogP contribution is -2.51. The third kappa shape index (κ3) is 4.09. The Morgan fingerprint density at radius 1 is 1.11 bits per heavy atom. The number of carbonyl (C=O) groups is 3. The van der Waals surface area contributed by atoms with Gasteiger partial charge >= 0.3 is 12.0 Å². The van der Waals surface area contributed by atoms with Gasteiger partial charge in [-0.25, -0.2) is 9.59 Å². The second kappa shape index (κ2) is 5.51. The molecule has 0 saturated heterocycles. The summed E-state index contributed by atoms with van der Waals surface area (Å²) < 4.78 is 0. The number of benzene rings is 1. The average molecular weight is 264 g/mol. The molecular weight excluding hydrogens is 248 g/mol. The Hall–Kier alpha value is -2.37. The molecule has 0 spiro atoms. The highest BCUT2D eigenvalue weighted by molar-refractivity contribution is 5.96. The van der Waals surface area contributed by atoms with Gasteiger partial charge in [0.15, 0.2) is 5.78 Å². The molecule has 0 heterocycles. The first-order chi connectivity index (χ1) is 8.72. The molecule has 0 unspecified atom stereocenters. The minimum absolute atomic E-state index is 0.0667. The Balaban J connectivity index is 2.67. The van der Waals surface area contributed by atoms with Crippen LogP contribution in [0.2, 0.25) is 0 Å². The lowest BCUT2D eigenvalue weighted by molar-refractivity contribution is -0.142. The predicted octanol–water partition coefficient (Wildman–Crippen LogP) is 1.87. The summed E-state index contributed by atoms with van der Waals surface area (Å²) in [7, 11) is 0. The fourth-order valence-corrected chi connectivity index (χ4v) is 1.29. The van der Waals surface area contributed by atoms with E-state index in [1.165, 1.54) is 20.8 Å². The van der Waals surface area contributed by atoms with Crippen molar-refractivity contribution in [1.82, 2.24) is 5.32 Å². The van der Waals surface area contributed by atoms with Gasteiger partial charge in [-0.05, 0) is 45.0 Å². The molecule has 0 radical (unpaired) electrons. The van der Waals surface area contributed by atoms with E-state index in [0.717, 1.165) is 0 Å². The van der Waals surface area contributed by atoms with Gasteiger partial charge in [-0.15, -0.1) is 0 Å². The summed E-state index contributed by atoms with van der Waals surface area (Å²) in [6, 6.07) is 5.69. The van der Waals surface area contributed by atoms with E-state index in [1.807, 2.05) is 0 Å². The molecule has 0 bridgehead atoms. The molecule has 0 fully saturated rings. The first-order valence-electron chi connectivity index (χ1n) is 5.66. The van der Waals surface area contributed by atoms with E-state index < -0.39 is 17.5 Å². The van der Waals surface area contributed by atoms with Gasteiger partial charge in [-0.2, -0.15) is 0 Å². The number of rotatable bonds is 4. The predicted molar refractivity (Wildman–Crippen MR) is 70.3 cm³/mol. The summed E-state index contributed by atoms with van der Waals surface area (Å²) in [4.78, 5) is 33.5. The molecule has 1 aromatic rings. The van der Waals surface area contributed by atoms with E-state index in [0.29, 0.717) is 11.3 Å². The second-order valence-electron chi connectivity index (χ2n) is 4.64. The van der Waals surface area contributed by atoms with Crippen molar-refractivity contribution in [2.24, 2.45) is 0 Å². The molecule has 6 nitrogen and oxygen atoms in total. The topological polar surface area (TPSA) is 95.5 Å². The van der Waals surface area contributed by atoms with Crippen molar-refractivity contribution >= 4 is 23.5 Å². The van der Waals surface area contributed by atoms with Crippen LogP contribution in [0.25, 0.3) is 0 Å². The zero-order valence-electron chi connectivity index (χ0n) is 11.0. The number of hydrogen-bond donors (Lipinski definition) is 3. The normalized spacial score (nSPS) is 10.7. The number of aliphatic carboxylic acids is 1. The summed E-state index contributed by atoms with van der Waals surface area (Å²) in [5.74, 6) is -1.20. The first-order valence-corrected chi connectivity index (χ1v) is 5.66. The molecule has 0 saturated carbocycles. The van der Waals surface area contributed by atoms with Crippen LogP contribution in [-0.2, 0) is 4.79 Å². The van der Waals surface area contributed by atoms with Crippen molar-refractivity contribution in [2.75, 3.05) is 5.32 Å². The van der Waals surface area contributed by atoms with E-state index >= 15 is 0 Å². The zero-order chi connectivity index (χ0) is 14.6. The quantitative estimate of drug-likeness (QED) is 0.723. The number of Topliss-reactive ketones (excluding diaryl/α,β-unsaturated/α-hetero) is 1. The fraction of sp³-hybridized carbons (Fsp3) is 0.308. The maximum absolute atomic E-state index is 11.6. The van der Waals surface area contributed by atoms with Gasteiger partial charge in [0.05, 0.1) is 0 Å². The van der Waals surface area contributed by atoms with Crippen LogP contribution in [0.15, 0.2) is 24.3 Å². The summed E-state index contributed by atoms with van der Waals surface area (Å²) in [6.07, 6.45) is 0. The molecule has 1 rings (SSSR count). The van der Waals surface area contributed by atoms with Crippen LogP contribution in [-0.4, -0.2) is 28.4 Å². The number of hydrogen-bond acceptors (Lipinski definition) is 3. The van der Waals surface area contributed by atoms with E-state index in [-0.39, 0.29) is 5.78 Å². The standard InChI is InChI=1S/C13H16N2O4/c1-8(16)9-4-6-10(7-5-9)14-12(19)15-13(2,3)11(17)18/h4-7H,1-3H3,(H,17,18)(H2,14,15,19). The van der Waals surface area contributed by atoms with Crippen LogP contribution in [0.4, 0.5) is 10.5 Å². The fourth-order valence-electron chi connectivity index (χ4n) is 1.29. The largest absolute Gasteiger partial charge is 0.480 e. The molecule has 0 aliphatic heterocycles. The zero-order valence-corrected chi connectivity index (χ0v) is 11.0. The van der Waals surface area contributed by atoms with Gasteiger partial charge in [0.2, 0.25) is 0 Å². The van der Waals surface area contributed by atoms with E-state index in [2.05, 4.69) is 10.6 Å². The molecular formula is C13H16N2O4. The Labute approximate surface area is 110 Å². The Morgan fingerprint density at radius 2 is 1.63 bits per heavy atom. The number of carbonyl (C=O) groups excluding carboxylic acids is 2. The average Bonchev–Trinajstić information content (AvgIpc) is 2.28. The lowest BCUT2D eigenvalue weighted by atomic mass is 10.1. The van der Waals surface area contributed by atoms with Crippen LogP contribution in [0.5, 0.6) is 0 Å². The molecule has 0 atom stereocenters. The molecule has 19 heavy (non-hydrogen) atoms. The third-order valence-corrected chi connectivity index (χ3v) is 2.51. The van der Waals surface area contributed by atoms with Gasteiger partial charge in [-0.3, -0.25) is 4.79 Å². The molecule has 3 N–H and O–H groups in total. The number of carboxylic acids is 1. The summed E-state index contributed by atoms with van der Waals surface area (Å²) >= 11 is 0. The van der Waals surface area contributed by atoms with Crippen LogP contribution in [0, 0.1) is 0 Å². The van der Waals surface area contributed by atoms with Crippen molar-refractivity contribution < 1.29 is 19.5 Å². The molecule has 0 aromatic heterocycles. The van der Waals surface area contributed by atoms with Crippen molar-refractivity contribution in [3.63, 3.8) is 0 Å². The van der Waals surface area contributed by atoms with Gasteiger partial charge in [-0.1, -0.05) is 0 Å². The Kier molecular flexibility index (Phi) is 4.26. The van der Waals surface area contributed by atoms with Crippen molar-refractivity contribution in [2.45, 2.75) is 26.3 Å². The molecule has 0 aliphatic rings. The van der Waals surface area contributed by atoms with Crippen LogP contribution in [0.3, 0.4) is 0 Å². The van der Waals surface area contributed by atoms with Crippen LogP contribution >= 0.6 is 0 Å². The second-order valence-corrected chi connectivity index (χ2v) is 4.64. The maximum Gasteiger partial charge on any atom is 0.328 e. The van der Waals surface area contributed by atoms with Gasteiger partial charge in [0.25, 0.3) is 0 Å². The Morgan fingerprint density at radius 3 is 2.05 bits per heavy atom. The van der Waals surface area contributed by atoms with Gasteiger partial charge < -0.3 is 15.7 Å². The van der Waals surface area contributed by atoms with Crippen LogP contribution < -0.4 is 10.6 Å². The highest BCUT2D eigenvalue weighted by Crippen LogP contribution is 2.10. The smallest absolute Gasteiger partial charge is 0.328 e. The van der Waals surface area contributed by atoms with Crippen molar-refractivity contribution in [3.8, 4) is 0 Å². The molecule has 102 valence electrons. The van der Waals surface area contributed by atoms with E-state index in [4.69, 9.17) is 5.11 Å².